The lowest BCUT2D eigenvalue weighted by Gasteiger charge is -2.12. The second kappa shape index (κ2) is 8.69. The lowest BCUT2D eigenvalue weighted by molar-refractivity contribution is 0.107. The van der Waals surface area contributed by atoms with Gasteiger partial charge in [0.05, 0.1) is 13.2 Å². The highest BCUT2D eigenvalue weighted by molar-refractivity contribution is 5.69. The SMILES string of the molecule is [CH2]c1cc(COCc2ccccc2-c2ccccc2)ccc1-c1ccccc1. The molecular weight excluding hydrogens is 340 g/mol. The largest absolute Gasteiger partial charge is 0.372 e. The van der Waals surface area contributed by atoms with Crippen LogP contribution in [0, 0.1) is 6.92 Å². The minimum absolute atomic E-state index is 0.570. The van der Waals surface area contributed by atoms with E-state index in [2.05, 4.69) is 97.9 Å². The molecule has 0 saturated carbocycles. The maximum Gasteiger partial charge on any atom is 0.0727 e. The van der Waals surface area contributed by atoms with Gasteiger partial charge in [-0.3, -0.25) is 0 Å². The fourth-order valence-corrected chi connectivity index (χ4v) is 3.46. The van der Waals surface area contributed by atoms with E-state index in [0.29, 0.717) is 13.2 Å². The summed E-state index contributed by atoms with van der Waals surface area (Å²) >= 11 is 0. The van der Waals surface area contributed by atoms with Crippen LogP contribution in [0.2, 0.25) is 0 Å². The van der Waals surface area contributed by atoms with Crippen molar-refractivity contribution in [3.63, 3.8) is 0 Å². The van der Waals surface area contributed by atoms with Gasteiger partial charge < -0.3 is 4.74 Å². The van der Waals surface area contributed by atoms with Gasteiger partial charge in [-0.25, -0.2) is 0 Å². The molecule has 0 N–H and O–H groups in total. The average molecular weight is 363 g/mol. The predicted octanol–water partition coefficient (Wildman–Crippen LogP) is 6.92. The van der Waals surface area contributed by atoms with E-state index in [1.54, 1.807) is 0 Å². The second-order valence-electron chi connectivity index (χ2n) is 6.87. The summed E-state index contributed by atoms with van der Waals surface area (Å²) in [5.41, 5.74) is 8.16. The van der Waals surface area contributed by atoms with Crippen LogP contribution in [-0.2, 0) is 18.0 Å². The molecular formula is C27H23O. The zero-order valence-corrected chi connectivity index (χ0v) is 15.8. The molecule has 4 aromatic rings. The molecule has 0 fully saturated rings. The fourth-order valence-electron chi connectivity index (χ4n) is 3.46. The number of hydrogen-bond acceptors (Lipinski definition) is 1. The summed E-state index contributed by atoms with van der Waals surface area (Å²) in [5, 5.41) is 0. The Bertz CT molecular complexity index is 1040. The minimum Gasteiger partial charge on any atom is -0.372 e. The van der Waals surface area contributed by atoms with E-state index < -0.39 is 0 Å². The van der Waals surface area contributed by atoms with Gasteiger partial charge in [-0.05, 0) is 45.9 Å². The van der Waals surface area contributed by atoms with Crippen molar-refractivity contribution in [2.45, 2.75) is 13.2 Å². The van der Waals surface area contributed by atoms with E-state index in [1.165, 1.54) is 27.8 Å². The standard InChI is InChI=1S/C27H23O/c1-21-18-22(16-17-26(21)23-10-4-2-5-11-23)19-28-20-25-14-8-9-15-27(25)24-12-6-3-7-13-24/h2-18H,1,19-20H2. The normalized spacial score (nSPS) is 10.8. The first-order valence-corrected chi connectivity index (χ1v) is 9.52. The molecule has 1 nitrogen and oxygen atoms in total. The summed E-state index contributed by atoms with van der Waals surface area (Å²) in [5.74, 6) is 0. The van der Waals surface area contributed by atoms with Gasteiger partial charge in [0, 0.05) is 0 Å². The molecule has 0 aromatic heterocycles. The third-order valence-corrected chi connectivity index (χ3v) is 4.88. The minimum atomic E-state index is 0.570. The maximum absolute atomic E-state index is 6.04. The number of hydrogen-bond donors (Lipinski definition) is 0. The highest BCUT2D eigenvalue weighted by Crippen LogP contribution is 2.26. The van der Waals surface area contributed by atoms with Gasteiger partial charge in [-0.15, -0.1) is 0 Å². The van der Waals surface area contributed by atoms with E-state index in [9.17, 15) is 0 Å². The molecule has 0 atom stereocenters. The molecule has 0 aliphatic carbocycles. The Morgan fingerprint density at radius 2 is 1.18 bits per heavy atom. The van der Waals surface area contributed by atoms with Crippen LogP contribution in [0.4, 0.5) is 0 Å². The first kappa shape index (κ1) is 18.2. The van der Waals surface area contributed by atoms with Crippen molar-refractivity contribution in [2.75, 3.05) is 0 Å². The van der Waals surface area contributed by atoms with E-state index in [1.807, 2.05) is 12.1 Å². The summed E-state index contributed by atoms with van der Waals surface area (Å²) in [6.45, 7) is 5.37. The third kappa shape index (κ3) is 4.21. The van der Waals surface area contributed by atoms with Gasteiger partial charge in [0.1, 0.15) is 0 Å². The summed E-state index contributed by atoms with van der Waals surface area (Å²) < 4.78 is 6.04. The third-order valence-electron chi connectivity index (χ3n) is 4.88. The quantitative estimate of drug-likeness (QED) is 0.361. The van der Waals surface area contributed by atoms with Crippen LogP contribution in [0.15, 0.2) is 103 Å². The fraction of sp³-hybridized carbons (Fsp3) is 0.0741. The Balaban J connectivity index is 1.45. The molecule has 0 unspecified atom stereocenters. The van der Waals surface area contributed by atoms with Gasteiger partial charge in [0.25, 0.3) is 0 Å². The number of benzene rings is 4. The summed E-state index contributed by atoms with van der Waals surface area (Å²) in [7, 11) is 0. The smallest absolute Gasteiger partial charge is 0.0727 e. The highest BCUT2D eigenvalue weighted by atomic mass is 16.5. The van der Waals surface area contributed by atoms with E-state index in [4.69, 9.17) is 4.74 Å². The van der Waals surface area contributed by atoms with Crippen molar-refractivity contribution >= 4 is 0 Å². The molecule has 0 aliphatic rings. The summed E-state index contributed by atoms with van der Waals surface area (Å²) in [6.07, 6.45) is 0. The van der Waals surface area contributed by atoms with Crippen LogP contribution in [-0.4, -0.2) is 0 Å². The van der Waals surface area contributed by atoms with Gasteiger partial charge in [0.15, 0.2) is 0 Å². The number of rotatable bonds is 6. The number of ether oxygens (including phenoxy) is 1. The lowest BCUT2D eigenvalue weighted by Crippen LogP contribution is -1.97. The first-order chi connectivity index (χ1) is 13.8. The van der Waals surface area contributed by atoms with Crippen LogP contribution < -0.4 is 0 Å². The van der Waals surface area contributed by atoms with Crippen molar-refractivity contribution in [2.24, 2.45) is 0 Å². The van der Waals surface area contributed by atoms with E-state index in [0.717, 1.165) is 11.1 Å². The van der Waals surface area contributed by atoms with E-state index >= 15 is 0 Å². The average Bonchev–Trinajstić information content (AvgIpc) is 2.75. The van der Waals surface area contributed by atoms with Crippen LogP contribution in [0.3, 0.4) is 0 Å². The molecule has 0 aliphatic heterocycles. The topological polar surface area (TPSA) is 9.23 Å². The molecule has 137 valence electrons. The molecule has 0 saturated heterocycles. The molecule has 4 rings (SSSR count). The molecule has 1 heteroatoms. The van der Waals surface area contributed by atoms with Gasteiger partial charge in [-0.1, -0.05) is 103 Å². The van der Waals surface area contributed by atoms with Gasteiger partial charge >= 0.3 is 0 Å². The Morgan fingerprint density at radius 3 is 1.86 bits per heavy atom. The van der Waals surface area contributed by atoms with Crippen molar-refractivity contribution in [3.05, 3.63) is 127 Å². The van der Waals surface area contributed by atoms with Gasteiger partial charge in [0.2, 0.25) is 0 Å². The van der Waals surface area contributed by atoms with Crippen molar-refractivity contribution in [1.29, 1.82) is 0 Å². The van der Waals surface area contributed by atoms with E-state index in [-0.39, 0.29) is 0 Å². The van der Waals surface area contributed by atoms with Crippen molar-refractivity contribution in [3.8, 4) is 22.3 Å². The monoisotopic (exact) mass is 363 g/mol. The van der Waals surface area contributed by atoms with Crippen LogP contribution >= 0.6 is 0 Å². The van der Waals surface area contributed by atoms with Gasteiger partial charge in [-0.2, -0.15) is 0 Å². The summed E-state index contributed by atoms with van der Waals surface area (Å²) in [6, 6.07) is 35.6. The lowest BCUT2D eigenvalue weighted by atomic mass is 9.98. The Morgan fingerprint density at radius 1 is 0.571 bits per heavy atom. The molecule has 0 heterocycles. The Hall–Kier alpha value is -3.16. The van der Waals surface area contributed by atoms with Crippen molar-refractivity contribution in [1.82, 2.24) is 0 Å². The molecule has 0 bridgehead atoms. The first-order valence-electron chi connectivity index (χ1n) is 9.52. The molecule has 28 heavy (non-hydrogen) atoms. The predicted molar refractivity (Wildman–Crippen MR) is 117 cm³/mol. The Labute approximate surface area is 167 Å². The molecule has 0 spiro atoms. The maximum atomic E-state index is 6.04. The highest BCUT2D eigenvalue weighted by Gasteiger charge is 2.06. The van der Waals surface area contributed by atoms with Crippen LogP contribution in [0.1, 0.15) is 16.7 Å². The second-order valence-corrected chi connectivity index (χ2v) is 6.87. The van der Waals surface area contributed by atoms with Crippen LogP contribution in [0.5, 0.6) is 0 Å². The summed E-state index contributed by atoms with van der Waals surface area (Å²) in [4.78, 5) is 0. The molecule has 0 amide bonds. The van der Waals surface area contributed by atoms with Crippen LogP contribution in [0.25, 0.3) is 22.3 Å². The zero-order valence-electron chi connectivity index (χ0n) is 15.8. The Kier molecular flexibility index (Phi) is 5.65. The zero-order chi connectivity index (χ0) is 19.2. The van der Waals surface area contributed by atoms with Crippen molar-refractivity contribution < 1.29 is 4.74 Å². The molecule has 4 aromatic carbocycles. The molecule has 1 radical (unpaired) electrons.